The van der Waals surface area contributed by atoms with Crippen LogP contribution in [-0.4, -0.2) is 32.9 Å². The van der Waals surface area contributed by atoms with Crippen LogP contribution in [-0.2, 0) is 0 Å². The zero-order valence-corrected chi connectivity index (χ0v) is 13.2. The summed E-state index contributed by atoms with van der Waals surface area (Å²) in [5.74, 6) is -0.0617. The maximum absolute atomic E-state index is 13.4. The Kier molecular flexibility index (Phi) is 3.52. The van der Waals surface area contributed by atoms with Crippen molar-refractivity contribution >= 4 is 28.2 Å². The molecule has 2 aliphatic rings. The van der Waals surface area contributed by atoms with Gasteiger partial charge >= 0.3 is 6.18 Å². The number of anilines is 2. The molecule has 0 saturated heterocycles. The van der Waals surface area contributed by atoms with Gasteiger partial charge in [-0.1, -0.05) is 0 Å². The van der Waals surface area contributed by atoms with Gasteiger partial charge in [-0.3, -0.25) is 10.1 Å². The molecule has 0 spiro atoms. The van der Waals surface area contributed by atoms with Crippen molar-refractivity contribution in [2.45, 2.75) is 37.5 Å². The quantitative estimate of drug-likeness (QED) is 0.884. The summed E-state index contributed by atoms with van der Waals surface area (Å²) in [5.41, 5.74) is -0.0570. The molecule has 6 nitrogen and oxygen atoms in total. The molecular weight excluding hydrogens is 343 g/mol. The molecule has 3 heterocycles. The van der Waals surface area contributed by atoms with Gasteiger partial charge in [-0.2, -0.15) is 18.3 Å². The molecule has 0 radical (unpaired) electrons. The number of hydrogen-bond donors (Lipinski definition) is 2. The summed E-state index contributed by atoms with van der Waals surface area (Å²) < 4.78 is 41.1. The predicted molar refractivity (Wildman–Crippen MR) is 82.1 cm³/mol. The monoisotopic (exact) mass is 357 g/mol. The van der Waals surface area contributed by atoms with Crippen LogP contribution in [0.25, 0.3) is 0 Å². The minimum atomic E-state index is -4.40. The van der Waals surface area contributed by atoms with Crippen LogP contribution < -0.4 is 10.6 Å². The van der Waals surface area contributed by atoms with Gasteiger partial charge in [-0.25, -0.2) is 9.67 Å². The molecular formula is C14H14F3N5OS. The van der Waals surface area contributed by atoms with E-state index in [9.17, 15) is 18.0 Å². The molecule has 24 heavy (non-hydrogen) atoms. The normalized spacial score (nSPS) is 23.5. The summed E-state index contributed by atoms with van der Waals surface area (Å²) in [4.78, 5) is 16.1. The van der Waals surface area contributed by atoms with E-state index in [-0.39, 0.29) is 29.9 Å². The number of alkyl halides is 3. The van der Waals surface area contributed by atoms with Gasteiger partial charge in [0.15, 0.2) is 16.9 Å². The standard InChI is InChI=1S/C14H14F3N5OS/c15-14(16,17)10-5-8(7-1-2-7)19-11-6-9(21-22(10)11)12(23)20-13-18-3-4-24-13/h3-4,6-8,10,19H,1-2,5H2,(H,18,20,23)/t8-,10-/m1/s1. The first-order valence-electron chi connectivity index (χ1n) is 7.55. The second kappa shape index (κ2) is 5.47. The highest BCUT2D eigenvalue weighted by molar-refractivity contribution is 7.13. The number of fused-ring (bicyclic) bond motifs is 1. The lowest BCUT2D eigenvalue weighted by Crippen LogP contribution is -2.40. The first kappa shape index (κ1) is 15.4. The highest BCUT2D eigenvalue weighted by Gasteiger charge is 2.49. The Morgan fingerprint density at radius 1 is 1.42 bits per heavy atom. The number of aromatic nitrogens is 3. The van der Waals surface area contributed by atoms with Crippen molar-refractivity contribution in [1.82, 2.24) is 14.8 Å². The van der Waals surface area contributed by atoms with Crippen LogP contribution in [0.2, 0.25) is 0 Å². The van der Waals surface area contributed by atoms with E-state index in [1.165, 1.54) is 23.6 Å². The highest BCUT2D eigenvalue weighted by atomic mass is 32.1. The molecule has 1 fully saturated rings. The largest absolute Gasteiger partial charge is 0.410 e. The van der Waals surface area contributed by atoms with Gasteiger partial charge in [0.1, 0.15) is 5.82 Å². The summed E-state index contributed by atoms with van der Waals surface area (Å²) >= 11 is 1.22. The van der Waals surface area contributed by atoms with Gasteiger partial charge in [0.2, 0.25) is 0 Å². The molecule has 0 aromatic carbocycles. The topological polar surface area (TPSA) is 71.8 Å². The number of nitrogens with zero attached hydrogens (tertiary/aromatic N) is 3. The first-order valence-corrected chi connectivity index (χ1v) is 8.43. The molecule has 4 rings (SSSR count). The summed E-state index contributed by atoms with van der Waals surface area (Å²) in [6.07, 6.45) is -1.06. The van der Waals surface area contributed by atoms with E-state index >= 15 is 0 Å². The molecule has 0 unspecified atom stereocenters. The predicted octanol–water partition coefficient (Wildman–Crippen LogP) is 3.29. The third kappa shape index (κ3) is 2.85. The number of thiazole rings is 1. The molecule has 1 aliphatic heterocycles. The lowest BCUT2D eigenvalue weighted by atomic mass is 10.0. The van der Waals surface area contributed by atoms with Crippen molar-refractivity contribution in [3.05, 3.63) is 23.3 Å². The van der Waals surface area contributed by atoms with Gasteiger partial charge in [0, 0.05) is 23.7 Å². The van der Waals surface area contributed by atoms with Crippen molar-refractivity contribution in [3.63, 3.8) is 0 Å². The molecule has 128 valence electrons. The van der Waals surface area contributed by atoms with Gasteiger partial charge in [-0.05, 0) is 25.2 Å². The smallest absolute Gasteiger partial charge is 0.367 e. The Morgan fingerprint density at radius 3 is 2.83 bits per heavy atom. The van der Waals surface area contributed by atoms with Crippen LogP contribution in [0.1, 0.15) is 35.8 Å². The maximum Gasteiger partial charge on any atom is 0.410 e. The number of nitrogens with one attached hydrogen (secondary N) is 2. The van der Waals surface area contributed by atoms with Gasteiger partial charge < -0.3 is 5.32 Å². The van der Waals surface area contributed by atoms with Crippen LogP contribution in [0.5, 0.6) is 0 Å². The van der Waals surface area contributed by atoms with E-state index in [0.29, 0.717) is 5.13 Å². The highest BCUT2D eigenvalue weighted by Crippen LogP contribution is 2.45. The zero-order valence-electron chi connectivity index (χ0n) is 12.4. The lowest BCUT2D eigenvalue weighted by Gasteiger charge is -2.33. The van der Waals surface area contributed by atoms with E-state index in [4.69, 9.17) is 0 Å². The van der Waals surface area contributed by atoms with Gasteiger partial charge in [0.25, 0.3) is 5.91 Å². The van der Waals surface area contributed by atoms with Crippen LogP contribution in [0.15, 0.2) is 17.6 Å². The average molecular weight is 357 g/mol. The number of rotatable bonds is 3. The van der Waals surface area contributed by atoms with E-state index in [2.05, 4.69) is 20.7 Å². The molecule has 1 amide bonds. The summed E-state index contributed by atoms with van der Waals surface area (Å²) in [6, 6.07) is -0.563. The molecule has 10 heteroatoms. The molecule has 2 aromatic heterocycles. The number of carbonyl (C=O) groups is 1. The Morgan fingerprint density at radius 2 is 2.21 bits per heavy atom. The second-order valence-electron chi connectivity index (χ2n) is 6.03. The van der Waals surface area contributed by atoms with Crippen LogP contribution in [0.4, 0.5) is 24.1 Å². The fourth-order valence-electron chi connectivity index (χ4n) is 2.97. The maximum atomic E-state index is 13.4. The Bertz CT molecular complexity index is 753. The van der Waals surface area contributed by atoms with Crippen molar-refractivity contribution < 1.29 is 18.0 Å². The second-order valence-corrected chi connectivity index (χ2v) is 6.93. The fraction of sp³-hybridized carbons (Fsp3) is 0.500. The van der Waals surface area contributed by atoms with Crippen LogP contribution in [0.3, 0.4) is 0 Å². The number of halogens is 3. The first-order chi connectivity index (χ1) is 11.4. The van der Waals surface area contributed by atoms with E-state index in [1.54, 1.807) is 5.38 Å². The summed E-state index contributed by atoms with van der Waals surface area (Å²) in [6.45, 7) is 0. The fourth-order valence-corrected chi connectivity index (χ4v) is 3.49. The van der Waals surface area contributed by atoms with Crippen LogP contribution in [0, 0.1) is 5.92 Å². The minimum absolute atomic E-state index is 0.0570. The number of amides is 1. The van der Waals surface area contributed by atoms with Crippen LogP contribution >= 0.6 is 11.3 Å². The minimum Gasteiger partial charge on any atom is -0.367 e. The van der Waals surface area contributed by atoms with Crippen molar-refractivity contribution in [1.29, 1.82) is 0 Å². The molecule has 2 atom stereocenters. The molecule has 0 bridgehead atoms. The molecule has 2 aromatic rings. The Hall–Kier alpha value is -2.10. The van der Waals surface area contributed by atoms with Crippen molar-refractivity contribution in [3.8, 4) is 0 Å². The van der Waals surface area contributed by atoms with Crippen molar-refractivity contribution in [2.75, 3.05) is 10.6 Å². The SMILES string of the molecule is O=C(Nc1nccs1)c1cc2n(n1)[C@@H](C(F)(F)F)C[C@H](C1CC1)N2. The third-order valence-corrected chi connectivity index (χ3v) is 4.98. The Balaban J connectivity index is 1.62. The number of carbonyl (C=O) groups excluding carboxylic acids is 1. The summed E-state index contributed by atoms with van der Waals surface area (Å²) in [7, 11) is 0. The van der Waals surface area contributed by atoms with E-state index in [1.807, 2.05) is 0 Å². The molecule has 2 N–H and O–H groups in total. The number of hydrogen-bond acceptors (Lipinski definition) is 5. The van der Waals surface area contributed by atoms with E-state index in [0.717, 1.165) is 17.5 Å². The zero-order chi connectivity index (χ0) is 16.9. The van der Waals surface area contributed by atoms with Gasteiger partial charge in [0.05, 0.1) is 0 Å². The third-order valence-electron chi connectivity index (χ3n) is 4.30. The Labute approximate surface area is 139 Å². The molecule has 1 saturated carbocycles. The molecule has 1 aliphatic carbocycles. The van der Waals surface area contributed by atoms with Crippen molar-refractivity contribution in [2.24, 2.45) is 5.92 Å². The van der Waals surface area contributed by atoms with Gasteiger partial charge in [-0.15, -0.1) is 11.3 Å². The lowest BCUT2D eigenvalue weighted by molar-refractivity contribution is -0.174. The average Bonchev–Trinajstić information content (AvgIpc) is 3.07. The van der Waals surface area contributed by atoms with E-state index < -0.39 is 18.1 Å². The summed E-state index contributed by atoms with van der Waals surface area (Å²) in [5, 5.41) is 11.6.